The summed E-state index contributed by atoms with van der Waals surface area (Å²) in [5.74, 6) is 1.76. The first-order chi connectivity index (χ1) is 16.0. The van der Waals surface area contributed by atoms with E-state index in [1.807, 2.05) is 6.92 Å². The Morgan fingerprint density at radius 3 is 2.48 bits per heavy atom. The average Bonchev–Trinajstić information content (AvgIpc) is 3.50. The number of rotatable bonds is 6. The molecule has 0 fully saturated rings. The maximum absolute atomic E-state index is 4.93. The molecule has 0 amide bonds. The van der Waals surface area contributed by atoms with Crippen molar-refractivity contribution in [2.75, 3.05) is 0 Å². The van der Waals surface area contributed by atoms with Gasteiger partial charge < -0.3 is 9.13 Å². The third kappa shape index (κ3) is 3.71. The molecule has 0 atom stereocenters. The number of fused-ring (bicyclic) bond motifs is 1. The normalized spacial score (nSPS) is 11.5. The molecule has 1 N–H and O–H groups in total. The molecule has 0 spiro atoms. The largest absolute Gasteiger partial charge is 0.347 e. The predicted molar refractivity (Wildman–Crippen MR) is 129 cm³/mol. The van der Waals surface area contributed by atoms with Gasteiger partial charge in [0.05, 0.1) is 12.2 Å². The standard InChI is InChI=1S/C25H28N8/c1-6-7-21-27-22-15(2)12-16(3)26-25(22)33(21)14-18-8-10-19(11-9-18)23-20(13-17(4)32(23)5)24-28-30-31-29-24/h8-13H,6-7,14H2,1-5H3,(H,28,29,30,31). The van der Waals surface area contributed by atoms with Crippen molar-refractivity contribution < 1.29 is 0 Å². The fourth-order valence-electron chi connectivity index (χ4n) is 4.51. The molecular formula is C25H28N8. The van der Waals surface area contributed by atoms with Crippen LogP contribution in [0.3, 0.4) is 0 Å². The van der Waals surface area contributed by atoms with Gasteiger partial charge in [0.2, 0.25) is 0 Å². The topological polar surface area (TPSA) is 90.1 Å². The van der Waals surface area contributed by atoms with Gasteiger partial charge in [-0.3, -0.25) is 0 Å². The number of aryl methyl sites for hydroxylation is 4. The lowest BCUT2D eigenvalue weighted by molar-refractivity contribution is 0.716. The van der Waals surface area contributed by atoms with Crippen molar-refractivity contribution >= 4 is 11.2 Å². The maximum Gasteiger partial charge on any atom is 0.181 e. The third-order valence-electron chi connectivity index (χ3n) is 6.22. The molecule has 0 radical (unpaired) electrons. The van der Waals surface area contributed by atoms with Gasteiger partial charge in [0.1, 0.15) is 11.3 Å². The number of tetrazole rings is 1. The van der Waals surface area contributed by atoms with Crippen molar-refractivity contribution in [2.45, 2.75) is 47.1 Å². The van der Waals surface area contributed by atoms with Gasteiger partial charge in [-0.2, -0.15) is 0 Å². The highest BCUT2D eigenvalue weighted by atomic mass is 15.5. The minimum Gasteiger partial charge on any atom is -0.347 e. The highest BCUT2D eigenvalue weighted by Gasteiger charge is 2.18. The Hall–Kier alpha value is -3.81. The van der Waals surface area contributed by atoms with E-state index >= 15 is 0 Å². The molecule has 168 valence electrons. The van der Waals surface area contributed by atoms with Gasteiger partial charge in [0.15, 0.2) is 11.5 Å². The van der Waals surface area contributed by atoms with E-state index in [1.54, 1.807) is 0 Å². The first kappa shape index (κ1) is 21.1. The van der Waals surface area contributed by atoms with Crippen LogP contribution in [0.2, 0.25) is 0 Å². The summed E-state index contributed by atoms with van der Waals surface area (Å²) >= 11 is 0. The Morgan fingerprint density at radius 2 is 1.79 bits per heavy atom. The fraction of sp³-hybridized carbons (Fsp3) is 0.320. The van der Waals surface area contributed by atoms with Gasteiger partial charge in [-0.25, -0.2) is 15.1 Å². The zero-order chi connectivity index (χ0) is 23.1. The van der Waals surface area contributed by atoms with Crippen LogP contribution in [-0.4, -0.2) is 39.7 Å². The van der Waals surface area contributed by atoms with E-state index in [1.165, 1.54) is 11.1 Å². The Kier molecular flexibility index (Phi) is 5.28. The molecule has 33 heavy (non-hydrogen) atoms. The molecule has 0 unspecified atom stereocenters. The van der Waals surface area contributed by atoms with Gasteiger partial charge in [0.25, 0.3) is 0 Å². The summed E-state index contributed by atoms with van der Waals surface area (Å²) in [6.07, 6.45) is 1.98. The van der Waals surface area contributed by atoms with Crippen LogP contribution in [-0.2, 0) is 20.0 Å². The highest BCUT2D eigenvalue weighted by molar-refractivity contribution is 5.79. The van der Waals surface area contributed by atoms with Gasteiger partial charge in [-0.1, -0.05) is 31.2 Å². The van der Waals surface area contributed by atoms with Crippen molar-refractivity contribution in [1.29, 1.82) is 0 Å². The van der Waals surface area contributed by atoms with E-state index in [2.05, 4.69) is 94.0 Å². The number of pyridine rings is 1. The molecule has 0 aliphatic heterocycles. The Bertz CT molecular complexity index is 1420. The lowest BCUT2D eigenvalue weighted by Gasteiger charge is -2.11. The van der Waals surface area contributed by atoms with E-state index in [9.17, 15) is 0 Å². The number of nitrogens with one attached hydrogen (secondary N) is 1. The third-order valence-corrected chi connectivity index (χ3v) is 6.22. The van der Waals surface area contributed by atoms with Crippen molar-refractivity contribution in [1.82, 2.24) is 39.7 Å². The maximum atomic E-state index is 4.93. The molecule has 4 heterocycles. The lowest BCUT2D eigenvalue weighted by atomic mass is 10.1. The highest BCUT2D eigenvalue weighted by Crippen LogP contribution is 2.33. The zero-order valence-electron chi connectivity index (χ0n) is 19.7. The van der Waals surface area contributed by atoms with Crippen LogP contribution >= 0.6 is 0 Å². The first-order valence-electron chi connectivity index (χ1n) is 11.3. The molecule has 0 aliphatic rings. The molecule has 5 aromatic rings. The van der Waals surface area contributed by atoms with Crippen molar-refractivity contribution in [3.8, 4) is 22.6 Å². The van der Waals surface area contributed by atoms with E-state index in [-0.39, 0.29) is 0 Å². The number of imidazole rings is 1. The number of aromatic nitrogens is 8. The van der Waals surface area contributed by atoms with Crippen LogP contribution in [0.1, 0.15) is 41.7 Å². The van der Waals surface area contributed by atoms with Crippen LogP contribution in [0.15, 0.2) is 36.4 Å². The van der Waals surface area contributed by atoms with Gasteiger partial charge in [-0.05, 0) is 66.4 Å². The fourth-order valence-corrected chi connectivity index (χ4v) is 4.51. The van der Waals surface area contributed by atoms with Crippen LogP contribution in [0, 0.1) is 20.8 Å². The van der Waals surface area contributed by atoms with Crippen LogP contribution in [0.5, 0.6) is 0 Å². The van der Waals surface area contributed by atoms with E-state index < -0.39 is 0 Å². The average molecular weight is 441 g/mol. The second kappa shape index (κ2) is 8.27. The molecule has 8 heteroatoms. The first-order valence-corrected chi connectivity index (χ1v) is 11.3. The molecule has 4 aromatic heterocycles. The van der Waals surface area contributed by atoms with Gasteiger partial charge in [-0.15, -0.1) is 5.10 Å². The van der Waals surface area contributed by atoms with Crippen molar-refractivity contribution in [3.05, 3.63) is 64.7 Å². The quantitative estimate of drug-likeness (QED) is 0.419. The summed E-state index contributed by atoms with van der Waals surface area (Å²) in [6.45, 7) is 9.17. The summed E-state index contributed by atoms with van der Waals surface area (Å²) in [6, 6.07) is 12.9. The smallest absolute Gasteiger partial charge is 0.181 e. The Morgan fingerprint density at radius 1 is 1.00 bits per heavy atom. The van der Waals surface area contributed by atoms with E-state index in [0.717, 1.165) is 64.6 Å². The van der Waals surface area contributed by atoms with E-state index in [4.69, 9.17) is 9.97 Å². The number of nitrogens with zero attached hydrogens (tertiary/aromatic N) is 7. The summed E-state index contributed by atoms with van der Waals surface area (Å²) in [4.78, 5) is 9.76. The minimum atomic E-state index is 0.670. The molecule has 8 nitrogen and oxygen atoms in total. The van der Waals surface area contributed by atoms with Crippen LogP contribution in [0.4, 0.5) is 0 Å². The molecule has 0 saturated carbocycles. The second-order valence-electron chi connectivity index (χ2n) is 8.67. The number of hydrogen-bond acceptors (Lipinski definition) is 5. The van der Waals surface area contributed by atoms with Gasteiger partial charge >= 0.3 is 0 Å². The zero-order valence-corrected chi connectivity index (χ0v) is 19.7. The summed E-state index contributed by atoms with van der Waals surface area (Å²) in [5, 5.41) is 14.5. The lowest BCUT2D eigenvalue weighted by Crippen LogP contribution is -2.06. The molecular weight excluding hydrogens is 412 g/mol. The monoisotopic (exact) mass is 440 g/mol. The van der Waals surface area contributed by atoms with Crippen molar-refractivity contribution in [2.24, 2.45) is 7.05 Å². The number of hydrogen-bond donors (Lipinski definition) is 1. The SMILES string of the molecule is CCCc1nc2c(C)cc(C)nc2n1Cc1ccc(-c2c(-c3nnn[nH]3)cc(C)n2C)cc1. The van der Waals surface area contributed by atoms with E-state index in [0.29, 0.717) is 5.82 Å². The summed E-state index contributed by atoms with van der Waals surface area (Å²) in [7, 11) is 2.07. The van der Waals surface area contributed by atoms with Crippen LogP contribution in [0.25, 0.3) is 33.8 Å². The molecule has 0 bridgehead atoms. The Balaban J connectivity index is 1.53. The van der Waals surface area contributed by atoms with Crippen LogP contribution < -0.4 is 0 Å². The van der Waals surface area contributed by atoms with Crippen molar-refractivity contribution in [3.63, 3.8) is 0 Å². The summed E-state index contributed by atoms with van der Waals surface area (Å²) in [5.41, 5.74) is 9.74. The summed E-state index contributed by atoms with van der Waals surface area (Å²) < 4.78 is 4.44. The number of H-pyrrole nitrogens is 1. The molecule has 0 aliphatic carbocycles. The molecule has 1 aromatic carbocycles. The predicted octanol–water partition coefficient (Wildman–Crippen LogP) is 4.54. The molecule has 5 rings (SSSR count). The minimum absolute atomic E-state index is 0.670. The number of benzene rings is 1. The van der Waals surface area contributed by atoms with Gasteiger partial charge in [0, 0.05) is 30.4 Å². The molecule has 0 saturated heterocycles. The second-order valence-corrected chi connectivity index (χ2v) is 8.67. The number of aromatic amines is 1. The Labute approximate surface area is 192 Å².